The summed E-state index contributed by atoms with van der Waals surface area (Å²) in [5.41, 5.74) is 5.08. The van der Waals surface area contributed by atoms with E-state index >= 15 is 0 Å². The second-order valence-corrected chi connectivity index (χ2v) is 5.67. The summed E-state index contributed by atoms with van der Waals surface area (Å²) in [7, 11) is 0. The Bertz CT molecular complexity index is 653. The Hall–Kier alpha value is -1.96. The molecule has 1 heterocycles. The number of aliphatic hydroxyl groups is 1. The number of H-pyrrole nitrogens is 1. The molecule has 0 saturated carbocycles. The van der Waals surface area contributed by atoms with Crippen LogP contribution in [0.15, 0.2) is 47.9 Å². The van der Waals surface area contributed by atoms with Gasteiger partial charge in [-0.3, -0.25) is 0 Å². The fraction of sp³-hybridized carbons (Fsp3) is 0.333. The molecule has 2 heteroatoms. The third-order valence-electron chi connectivity index (χ3n) is 3.55. The molecule has 1 aromatic carbocycles. The Labute approximate surface area is 120 Å². The fourth-order valence-corrected chi connectivity index (χ4v) is 2.55. The van der Waals surface area contributed by atoms with E-state index in [-0.39, 0.29) is 5.92 Å². The minimum atomic E-state index is 0.201. The highest BCUT2D eigenvalue weighted by atomic mass is 16.3. The molecule has 2 aromatic rings. The molecular weight excluding hydrogens is 246 g/mol. The van der Waals surface area contributed by atoms with E-state index in [0.717, 1.165) is 6.42 Å². The molecule has 0 radical (unpaired) electrons. The smallest absolute Gasteiger partial charge is 0.0858 e. The Morgan fingerprint density at radius 2 is 2.05 bits per heavy atom. The zero-order valence-corrected chi connectivity index (χ0v) is 12.7. The van der Waals surface area contributed by atoms with Crippen molar-refractivity contribution in [3.8, 4) is 0 Å². The summed E-state index contributed by atoms with van der Waals surface area (Å²) in [6.45, 7) is 8.06. The minimum absolute atomic E-state index is 0.201. The van der Waals surface area contributed by atoms with Gasteiger partial charge in [0.05, 0.1) is 5.76 Å². The summed E-state index contributed by atoms with van der Waals surface area (Å²) in [4.78, 5) is 3.39. The summed E-state index contributed by atoms with van der Waals surface area (Å²) < 4.78 is 0. The first-order valence-electron chi connectivity index (χ1n) is 7.08. The molecule has 0 fully saturated rings. The van der Waals surface area contributed by atoms with Gasteiger partial charge in [-0.05, 0) is 44.4 Å². The van der Waals surface area contributed by atoms with Gasteiger partial charge in [0.15, 0.2) is 0 Å². The van der Waals surface area contributed by atoms with Crippen LogP contribution < -0.4 is 0 Å². The van der Waals surface area contributed by atoms with Crippen LogP contribution in [0.2, 0.25) is 0 Å². The third kappa shape index (κ3) is 3.13. The van der Waals surface area contributed by atoms with Crippen LogP contribution in [0, 0.1) is 0 Å². The number of hydrogen-bond acceptors (Lipinski definition) is 1. The summed E-state index contributed by atoms with van der Waals surface area (Å²) in [6, 6.07) is 6.42. The first-order chi connectivity index (χ1) is 9.49. The molecule has 20 heavy (non-hydrogen) atoms. The van der Waals surface area contributed by atoms with Crippen molar-refractivity contribution in [2.45, 2.75) is 40.0 Å². The van der Waals surface area contributed by atoms with Crippen molar-refractivity contribution in [3.63, 3.8) is 0 Å². The van der Waals surface area contributed by atoms with Crippen LogP contribution in [0.5, 0.6) is 0 Å². The molecule has 2 nitrogen and oxygen atoms in total. The van der Waals surface area contributed by atoms with E-state index in [4.69, 9.17) is 0 Å². The van der Waals surface area contributed by atoms with Crippen LogP contribution in [0.1, 0.15) is 44.7 Å². The number of allylic oxidation sites excluding steroid dienone is 4. The van der Waals surface area contributed by atoms with Crippen molar-refractivity contribution in [2.75, 3.05) is 0 Å². The molecule has 0 aliphatic carbocycles. The molecule has 2 N–H and O–H groups in total. The number of aliphatic hydroxyl groups excluding tert-OH is 1. The zero-order chi connectivity index (χ0) is 14.7. The highest BCUT2D eigenvalue weighted by Crippen LogP contribution is 2.29. The van der Waals surface area contributed by atoms with Gasteiger partial charge < -0.3 is 10.1 Å². The number of para-hydroxylation sites is 1. The van der Waals surface area contributed by atoms with E-state index in [0.29, 0.717) is 5.76 Å². The molecule has 1 aromatic heterocycles. The highest BCUT2D eigenvalue weighted by Gasteiger charge is 2.11. The van der Waals surface area contributed by atoms with Gasteiger partial charge in [-0.25, -0.2) is 0 Å². The van der Waals surface area contributed by atoms with Crippen molar-refractivity contribution in [1.29, 1.82) is 0 Å². The van der Waals surface area contributed by atoms with E-state index in [9.17, 15) is 5.11 Å². The third-order valence-corrected chi connectivity index (χ3v) is 3.55. The number of hydrogen-bond donors (Lipinski definition) is 2. The van der Waals surface area contributed by atoms with Crippen LogP contribution in [0.4, 0.5) is 0 Å². The molecule has 0 aliphatic rings. The van der Waals surface area contributed by atoms with Gasteiger partial charge in [0.25, 0.3) is 0 Å². The SMILES string of the molecule is CC(C)=CCc1cccc2c(C(C)/C=C(\C)O)c[nH]c12. The van der Waals surface area contributed by atoms with E-state index < -0.39 is 0 Å². The normalized spacial score (nSPS) is 13.5. The highest BCUT2D eigenvalue weighted by molar-refractivity contribution is 5.87. The molecule has 1 unspecified atom stereocenters. The quantitative estimate of drug-likeness (QED) is 0.577. The predicted molar refractivity (Wildman–Crippen MR) is 86.2 cm³/mol. The molecule has 0 amide bonds. The molecule has 106 valence electrons. The summed E-state index contributed by atoms with van der Waals surface area (Å²) >= 11 is 0. The second-order valence-electron chi connectivity index (χ2n) is 5.67. The second kappa shape index (κ2) is 6.00. The maximum absolute atomic E-state index is 9.44. The van der Waals surface area contributed by atoms with Crippen molar-refractivity contribution in [3.05, 3.63) is 59.0 Å². The van der Waals surface area contributed by atoms with E-state index in [2.05, 4.69) is 56.2 Å². The van der Waals surface area contributed by atoms with Crippen LogP contribution in [0.25, 0.3) is 10.9 Å². The van der Waals surface area contributed by atoms with E-state index in [1.807, 2.05) is 6.08 Å². The minimum Gasteiger partial charge on any atom is -0.513 e. The Balaban J connectivity index is 2.44. The molecule has 0 bridgehead atoms. The molecule has 1 atom stereocenters. The van der Waals surface area contributed by atoms with Crippen LogP contribution >= 0.6 is 0 Å². The number of nitrogens with one attached hydrogen (secondary N) is 1. The van der Waals surface area contributed by atoms with Gasteiger partial charge in [0.2, 0.25) is 0 Å². The zero-order valence-electron chi connectivity index (χ0n) is 12.7. The van der Waals surface area contributed by atoms with Gasteiger partial charge in [-0.1, -0.05) is 36.8 Å². The Morgan fingerprint density at radius 1 is 1.30 bits per heavy atom. The standard InChI is InChI=1S/C18H23NO/c1-12(2)8-9-15-6-5-7-16-17(11-19-18(15)16)13(3)10-14(4)20/h5-8,10-11,13,19-20H,9H2,1-4H3/b14-10+. The van der Waals surface area contributed by atoms with Gasteiger partial charge in [0, 0.05) is 23.0 Å². The average Bonchev–Trinajstić information content (AvgIpc) is 2.79. The lowest BCUT2D eigenvalue weighted by atomic mass is 9.98. The van der Waals surface area contributed by atoms with Crippen LogP contribution in [-0.4, -0.2) is 10.1 Å². The van der Waals surface area contributed by atoms with Gasteiger partial charge >= 0.3 is 0 Å². The number of fused-ring (bicyclic) bond motifs is 1. The predicted octanol–water partition coefficient (Wildman–Crippen LogP) is 5.24. The summed E-state index contributed by atoms with van der Waals surface area (Å²) in [6.07, 6.45) is 7.13. The molecule has 0 aliphatic heterocycles. The topological polar surface area (TPSA) is 36.0 Å². The summed E-state index contributed by atoms with van der Waals surface area (Å²) in [5.74, 6) is 0.569. The molecule has 0 spiro atoms. The van der Waals surface area contributed by atoms with E-state index in [1.54, 1.807) is 6.92 Å². The number of rotatable bonds is 4. The van der Waals surface area contributed by atoms with Crippen LogP contribution in [0.3, 0.4) is 0 Å². The number of aromatic nitrogens is 1. The van der Waals surface area contributed by atoms with E-state index in [1.165, 1.54) is 27.6 Å². The summed E-state index contributed by atoms with van der Waals surface area (Å²) in [5, 5.41) is 10.7. The first kappa shape index (κ1) is 14.4. The van der Waals surface area contributed by atoms with Gasteiger partial charge in [-0.15, -0.1) is 0 Å². The largest absolute Gasteiger partial charge is 0.513 e. The molecule has 0 saturated heterocycles. The van der Waals surface area contributed by atoms with Crippen molar-refractivity contribution >= 4 is 10.9 Å². The molecular formula is C18H23NO. The van der Waals surface area contributed by atoms with Gasteiger partial charge in [0.1, 0.15) is 0 Å². The lowest BCUT2D eigenvalue weighted by Gasteiger charge is -2.06. The first-order valence-corrected chi connectivity index (χ1v) is 7.08. The maximum atomic E-state index is 9.44. The monoisotopic (exact) mass is 269 g/mol. The fourth-order valence-electron chi connectivity index (χ4n) is 2.55. The van der Waals surface area contributed by atoms with Crippen LogP contribution in [-0.2, 0) is 6.42 Å². The number of benzene rings is 1. The van der Waals surface area contributed by atoms with Crippen molar-refractivity contribution < 1.29 is 5.11 Å². The molecule has 2 rings (SSSR count). The maximum Gasteiger partial charge on any atom is 0.0858 e. The number of aromatic amines is 1. The van der Waals surface area contributed by atoms with Crippen molar-refractivity contribution in [2.24, 2.45) is 0 Å². The lowest BCUT2D eigenvalue weighted by Crippen LogP contribution is -1.90. The Morgan fingerprint density at radius 3 is 2.70 bits per heavy atom. The Kier molecular flexibility index (Phi) is 4.33. The van der Waals surface area contributed by atoms with Gasteiger partial charge in [-0.2, -0.15) is 0 Å². The average molecular weight is 269 g/mol. The lowest BCUT2D eigenvalue weighted by molar-refractivity contribution is 0.410. The van der Waals surface area contributed by atoms with Crippen molar-refractivity contribution in [1.82, 2.24) is 4.98 Å².